The van der Waals surface area contributed by atoms with E-state index in [0.29, 0.717) is 29.4 Å². The maximum absolute atomic E-state index is 12.8. The zero-order chi connectivity index (χ0) is 19.9. The summed E-state index contributed by atoms with van der Waals surface area (Å²) in [5.74, 6) is 1.63. The first kappa shape index (κ1) is 19.8. The average Bonchev–Trinajstić information content (AvgIpc) is 3.11. The van der Waals surface area contributed by atoms with Crippen molar-refractivity contribution in [1.29, 1.82) is 0 Å². The van der Waals surface area contributed by atoms with Gasteiger partial charge in [-0.3, -0.25) is 4.79 Å². The Hall–Kier alpha value is -2.97. The molecule has 3 rings (SSSR count). The van der Waals surface area contributed by atoms with Gasteiger partial charge in [0.05, 0.1) is 11.3 Å². The quantitative estimate of drug-likeness (QED) is 0.604. The van der Waals surface area contributed by atoms with Crippen molar-refractivity contribution < 1.29 is 9.53 Å². The van der Waals surface area contributed by atoms with Crippen LogP contribution in [0.3, 0.4) is 0 Å². The summed E-state index contributed by atoms with van der Waals surface area (Å²) in [5.41, 5.74) is 1.47. The minimum Gasteiger partial charge on any atom is -0.456 e. The van der Waals surface area contributed by atoms with Gasteiger partial charge in [-0.15, -0.1) is 11.3 Å². The number of para-hydroxylation sites is 1. The predicted octanol–water partition coefficient (Wildman–Crippen LogP) is 3.67. The maximum Gasteiger partial charge on any atom is 0.257 e. The van der Waals surface area contributed by atoms with Crippen LogP contribution in [0.5, 0.6) is 11.5 Å². The van der Waals surface area contributed by atoms with Crippen molar-refractivity contribution in [2.45, 2.75) is 6.92 Å². The summed E-state index contributed by atoms with van der Waals surface area (Å²) in [5, 5.41) is 8.94. The van der Waals surface area contributed by atoms with Gasteiger partial charge in [-0.1, -0.05) is 12.1 Å². The number of rotatable bonds is 8. The zero-order valence-electron chi connectivity index (χ0n) is 16.1. The van der Waals surface area contributed by atoms with Crippen molar-refractivity contribution >= 4 is 28.2 Å². The van der Waals surface area contributed by atoms with Crippen molar-refractivity contribution in [3.8, 4) is 11.5 Å². The molecule has 0 saturated heterocycles. The van der Waals surface area contributed by atoms with Crippen LogP contribution in [0, 0.1) is 6.92 Å². The Morgan fingerprint density at radius 3 is 2.86 bits per heavy atom. The third kappa shape index (κ3) is 5.05. The number of amides is 1. The first-order chi connectivity index (χ1) is 13.6. The molecule has 7 nitrogen and oxygen atoms in total. The minimum absolute atomic E-state index is 0.0866. The number of nitrogens with zero attached hydrogens (tertiary/aromatic N) is 3. The number of anilines is 2. The van der Waals surface area contributed by atoms with E-state index in [2.05, 4.69) is 20.6 Å². The van der Waals surface area contributed by atoms with Gasteiger partial charge < -0.3 is 20.3 Å². The number of benzene rings is 1. The van der Waals surface area contributed by atoms with Crippen molar-refractivity contribution in [2.75, 3.05) is 32.5 Å². The number of hydrogen-bond donors (Lipinski definition) is 2. The molecule has 3 aromatic rings. The van der Waals surface area contributed by atoms with Crippen LogP contribution in [0.1, 0.15) is 16.1 Å². The summed E-state index contributed by atoms with van der Waals surface area (Å²) in [6, 6.07) is 10.8. The number of thiazole rings is 1. The molecule has 146 valence electrons. The highest BCUT2D eigenvalue weighted by Gasteiger charge is 2.17. The summed E-state index contributed by atoms with van der Waals surface area (Å²) in [4.78, 5) is 23.1. The molecule has 0 unspecified atom stereocenters. The van der Waals surface area contributed by atoms with E-state index in [9.17, 15) is 4.79 Å². The zero-order valence-corrected chi connectivity index (χ0v) is 16.9. The molecule has 1 aromatic carbocycles. The Kier molecular flexibility index (Phi) is 6.57. The molecule has 2 heterocycles. The molecule has 0 radical (unpaired) electrons. The highest BCUT2D eigenvalue weighted by molar-refractivity contribution is 7.13. The molecule has 0 aliphatic carbocycles. The van der Waals surface area contributed by atoms with E-state index >= 15 is 0 Å². The SMILES string of the molecule is CNCCN(C)C(=O)c1ccccc1Oc1ccnc(Nc2nc(C)cs2)c1. The number of carbonyl (C=O) groups is 1. The molecule has 1 amide bonds. The van der Waals surface area contributed by atoms with Crippen molar-refractivity contribution in [3.05, 3.63) is 59.2 Å². The van der Waals surface area contributed by atoms with E-state index in [1.54, 1.807) is 42.4 Å². The summed E-state index contributed by atoms with van der Waals surface area (Å²) in [6.45, 7) is 3.28. The highest BCUT2D eigenvalue weighted by atomic mass is 32.1. The van der Waals surface area contributed by atoms with Gasteiger partial charge in [0.25, 0.3) is 5.91 Å². The second-order valence-electron chi connectivity index (χ2n) is 6.22. The molecule has 0 spiro atoms. The van der Waals surface area contributed by atoms with Crippen LogP contribution in [0.4, 0.5) is 10.9 Å². The Morgan fingerprint density at radius 2 is 2.11 bits per heavy atom. The number of pyridine rings is 1. The summed E-state index contributed by atoms with van der Waals surface area (Å²) >= 11 is 1.51. The molecule has 0 bridgehead atoms. The van der Waals surface area contributed by atoms with E-state index in [4.69, 9.17) is 4.74 Å². The van der Waals surface area contributed by atoms with Crippen LogP contribution in [-0.4, -0.2) is 48.0 Å². The number of ether oxygens (including phenoxy) is 1. The van der Waals surface area contributed by atoms with Crippen LogP contribution in [-0.2, 0) is 0 Å². The fraction of sp³-hybridized carbons (Fsp3) is 0.250. The van der Waals surface area contributed by atoms with Crippen LogP contribution >= 0.6 is 11.3 Å². The fourth-order valence-corrected chi connectivity index (χ4v) is 3.20. The summed E-state index contributed by atoms with van der Waals surface area (Å²) in [6.07, 6.45) is 1.65. The molecule has 0 aliphatic rings. The first-order valence-corrected chi connectivity index (χ1v) is 9.77. The van der Waals surface area contributed by atoms with Gasteiger partial charge >= 0.3 is 0 Å². The third-order valence-corrected chi connectivity index (χ3v) is 4.85. The van der Waals surface area contributed by atoms with Crippen LogP contribution < -0.4 is 15.4 Å². The van der Waals surface area contributed by atoms with E-state index in [1.165, 1.54) is 11.3 Å². The van der Waals surface area contributed by atoms with Crippen molar-refractivity contribution in [2.24, 2.45) is 0 Å². The van der Waals surface area contributed by atoms with Gasteiger partial charge in [0.2, 0.25) is 0 Å². The largest absolute Gasteiger partial charge is 0.456 e. The van der Waals surface area contributed by atoms with E-state index < -0.39 is 0 Å². The van der Waals surface area contributed by atoms with Gasteiger partial charge in [0.1, 0.15) is 17.3 Å². The third-order valence-electron chi connectivity index (χ3n) is 3.97. The van der Waals surface area contributed by atoms with Gasteiger partial charge in [-0.2, -0.15) is 0 Å². The topological polar surface area (TPSA) is 79.4 Å². The number of nitrogens with one attached hydrogen (secondary N) is 2. The van der Waals surface area contributed by atoms with Crippen LogP contribution in [0.2, 0.25) is 0 Å². The molecule has 8 heteroatoms. The average molecular weight is 398 g/mol. The maximum atomic E-state index is 12.8. The van der Waals surface area contributed by atoms with Crippen LogP contribution in [0.25, 0.3) is 0 Å². The fourth-order valence-electron chi connectivity index (χ4n) is 2.51. The number of aromatic nitrogens is 2. The Bertz CT molecular complexity index is 944. The molecule has 0 fully saturated rings. The monoisotopic (exact) mass is 397 g/mol. The highest BCUT2D eigenvalue weighted by Crippen LogP contribution is 2.28. The van der Waals surface area contributed by atoms with Gasteiger partial charge in [0, 0.05) is 37.8 Å². The second-order valence-corrected chi connectivity index (χ2v) is 7.08. The Balaban J connectivity index is 1.77. The second kappa shape index (κ2) is 9.29. The number of aryl methyl sites for hydroxylation is 1. The Labute approximate surface area is 168 Å². The number of likely N-dealkylation sites (N-methyl/N-ethyl adjacent to an activating group) is 2. The number of hydrogen-bond acceptors (Lipinski definition) is 7. The number of carbonyl (C=O) groups excluding carboxylic acids is 1. The Morgan fingerprint density at radius 1 is 1.29 bits per heavy atom. The van der Waals surface area contributed by atoms with Gasteiger partial charge in [-0.25, -0.2) is 9.97 Å². The van der Waals surface area contributed by atoms with Gasteiger partial charge in [0.15, 0.2) is 5.13 Å². The molecule has 0 aliphatic heterocycles. The van der Waals surface area contributed by atoms with Gasteiger partial charge in [-0.05, 0) is 32.2 Å². The van der Waals surface area contributed by atoms with Crippen molar-refractivity contribution in [1.82, 2.24) is 20.2 Å². The molecular weight excluding hydrogens is 374 g/mol. The molecule has 2 N–H and O–H groups in total. The van der Waals surface area contributed by atoms with Crippen molar-refractivity contribution in [3.63, 3.8) is 0 Å². The van der Waals surface area contributed by atoms with E-state index in [-0.39, 0.29) is 5.91 Å². The predicted molar refractivity (Wildman–Crippen MR) is 112 cm³/mol. The van der Waals surface area contributed by atoms with E-state index in [1.807, 2.05) is 31.5 Å². The molecule has 28 heavy (non-hydrogen) atoms. The lowest BCUT2D eigenvalue weighted by Crippen LogP contribution is -2.32. The molecular formula is C20H23N5O2S. The lowest BCUT2D eigenvalue weighted by Gasteiger charge is -2.19. The lowest BCUT2D eigenvalue weighted by molar-refractivity contribution is 0.0794. The minimum atomic E-state index is -0.0866. The standard InChI is InChI=1S/C20H23N5O2S/c1-14-13-28-20(23-14)24-18-12-15(8-9-22-18)27-17-7-5-4-6-16(17)19(26)25(3)11-10-21-2/h4-9,12-13,21H,10-11H2,1-3H3,(H,22,23,24). The summed E-state index contributed by atoms with van der Waals surface area (Å²) in [7, 11) is 3.64. The normalized spacial score (nSPS) is 10.5. The van der Waals surface area contributed by atoms with Crippen LogP contribution in [0.15, 0.2) is 48.0 Å². The molecule has 0 atom stereocenters. The first-order valence-electron chi connectivity index (χ1n) is 8.89. The lowest BCUT2D eigenvalue weighted by atomic mass is 10.1. The molecule has 0 saturated carbocycles. The van der Waals surface area contributed by atoms with E-state index in [0.717, 1.165) is 17.4 Å². The molecule has 2 aromatic heterocycles. The smallest absolute Gasteiger partial charge is 0.257 e. The summed E-state index contributed by atoms with van der Waals surface area (Å²) < 4.78 is 6.01.